The van der Waals surface area contributed by atoms with Gasteiger partial charge in [0.15, 0.2) is 9.03 Å². The normalized spacial score (nSPS) is 25.6. The number of rotatable bonds is 0. The molecule has 1 atom stereocenters. The minimum Gasteiger partial charge on any atom is -1.00 e. The third-order valence-electron chi connectivity index (χ3n) is 0.444. The molecule has 0 aliphatic carbocycles. The molecule has 1 aliphatic heterocycles. The number of hydrogen-bond acceptors (Lipinski definition) is 4. The van der Waals surface area contributed by atoms with Crippen molar-refractivity contribution in [3.63, 3.8) is 0 Å². The molecule has 0 saturated carbocycles. The molecule has 0 bridgehead atoms. The predicted molar refractivity (Wildman–Crippen MR) is 38.9 cm³/mol. The van der Waals surface area contributed by atoms with Crippen LogP contribution in [0.1, 0.15) is 1.43 Å². The standard InChI is InChI=1S/C2H2N2S3.K.H/c5-1-3-4-2(6)7-1;;/h1,5H;;/q;+1;-1. The molecule has 40 valence electrons. The van der Waals surface area contributed by atoms with E-state index in [1.807, 2.05) is 0 Å². The van der Waals surface area contributed by atoms with Crippen LogP contribution in [0.3, 0.4) is 0 Å². The van der Waals surface area contributed by atoms with E-state index in [0.717, 1.165) is 0 Å². The van der Waals surface area contributed by atoms with Gasteiger partial charge in [0, 0.05) is 0 Å². The summed E-state index contributed by atoms with van der Waals surface area (Å²) in [6, 6.07) is 0. The summed E-state index contributed by atoms with van der Waals surface area (Å²) in [5.41, 5.74) is 0. The maximum atomic E-state index is 4.65. The van der Waals surface area contributed by atoms with Gasteiger partial charge >= 0.3 is 51.4 Å². The van der Waals surface area contributed by atoms with Crippen molar-refractivity contribution in [1.82, 2.24) is 0 Å². The zero-order valence-electron chi connectivity index (χ0n) is 5.24. The number of thiol groups is 1. The summed E-state index contributed by atoms with van der Waals surface area (Å²) in [7, 11) is 0. The molecule has 1 rings (SSSR count). The van der Waals surface area contributed by atoms with Gasteiger partial charge in [0.1, 0.15) is 0 Å². The third kappa shape index (κ3) is 3.26. The summed E-state index contributed by atoms with van der Waals surface area (Å²) in [5, 5.41) is 7.19. The maximum absolute atomic E-state index is 4.65. The molecule has 2 nitrogen and oxygen atoms in total. The first-order chi connectivity index (χ1) is 3.29. The van der Waals surface area contributed by atoms with E-state index in [9.17, 15) is 0 Å². The largest absolute Gasteiger partial charge is 1.00 e. The summed E-state index contributed by atoms with van der Waals surface area (Å²) in [4.78, 5) is 0. The van der Waals surface area contributed by atoms with Crippen LogP contribution in [0.2, 0.25) is 0 Å². The third-order valence-corrected chi connectivity index (χ3v) is 1.82. The van der Waals surface area contributed by atoms with Gasteiger partial charge in [0.05, 0.1) is 0 Å². The average molecular weight is 190 g/mol. The molecule has 0 aromatic rings. The first-order valence-corrected chi connectivity index (χ1v) is 3.39. The van der Waals surface area contributed by atoms with Crippen LogP contribution in [0.25, 0.3) is 0 Å². The molecule has 0 radical (unpaired) electrons. The van der Waals surface area contributed by atoms with Crippen molar-refractivity contribution >= 4 is 40.9 Å². The molecule has 0 N–H and O–H groups in total. The van der Waals surface area contributed by atoms with Gasteiger partial charge in [-0.2, -0.15) is 5.11 Å². The Morgan fingerprint density at radius 3 is 2.62 bits per heavy atom. The van der Waals surface area contributed by atoms with Crippen molar-refractivity contribution in [2.45, 2.75) is 4.71 Å². The van der Waals surface area contributed by atoms with Gasteiger partial charge in [-0.25, -0.2) is 0 Å². The molecule has 0 fully saturated rings. The number of nitrogens with zero attached hydrogens (tertiary/aromatic N) is 2. The van der Waals surface area contributed by atoms with Crippen molar-refractivity contribution in [3.05, 3.63) is 0 Å². The number of thioether (sulfide) groups is 1. The molecule has 0 saturated heterocycles. The Bertz CT molecular complexity index is 129. The number of thiocarbonyl (C=S) groups is 1. The van der Waals surface area contributed by atoms with Gasteiger partial charge in [-0.3, -0.25) is 0 Å². The fraction of sp³-hybridized carbons (Fsp3) is 0.500. The molecule has 6 heteroatoms. The monoisotopic (exact) mass is 190 g/mol. The van der Waals surface area contributed by atoms with Crippen LogP contribution in [-0.4, -0.2) is 9.03 Å². The van der Waals surface area contributed by atoms with Gasteiger partial charge in [0.25, 0.3) is 0 Å². The molecule has 0 aromatic carbocycles. The fourth-order valence-corrected chi connectivity index (χ4v) is 1.49. The zero-order chi connectivity index (χ0) is 5.28. The van der Waals surface area contributed by atoms with Crippen LogP contribution in [0, 0.1) is 0 Å². The van der Waals surface area contributed by atoms with Crippen LogP contribution in [0.4, 0.5) is 0 Å². The van der Waals surface area contributed by atoms with Crippen molar-refractivity contribution < 1.29 is 52.8 Å². The molecule has 1 unspecified atom stereocenters. The molecule has 0 amide bonds. The first kappa shape index (κ1) is 10.0. The van der Waals surface area contributed by atoms with Gasteiger partial charge < -0.3 is 1.43 Å². The van der Waals surface area contributed by atoms with Gasteiger partial charge in [0.2, 0.25) is 0 Å². The second kappa shape index (κ2) is 4.78. The summed E-state index contributed by atoms with van der Waals surface area (Å²) < 4.78 is 0.535. The van der Waals surface area contributed by atoms with Gasteiger partial charge in [-0.15, -0.1) is 17.7 Å². The molecule has 0 spiro atoms. The predicted octanol–water partition coefficient (Wildman–Crippen LogP) is -1.20. The molecule has 1 aliphatic rings. The van der Waals surface area contributed by atoms with Crippen molar-refractivity contribution in [3.8, 4) is 0 Å². The first-order valence-electron chi connectivity index (χ1n) is 1.58. The van der Waals surface area contributed by atoms with Crippen LogP contribution in [0.5, 0.6) is 0 Å². The SMILES string of the molecule is S=C1N=NC(S)S1.[H-].[K+]. The maximum Gasteiger partial charge on any atom is 1.00 e. The Hall–Kier alpha value is 2.03. The Labute approximate surface area is 107 Å². The second-order valence-electron chi connectivity index (χ2n) is 0.926. The number of hydrogen-bond donors (Lipinski definition) is 1. The summed E-state index contributed by atoms with van der Waals surface area (Å²) >= 11 is 10.00. The van der Waals surface area contributed by atoms with E-state index in [1.165, 1.54) is 11.8 Å². The summed E-state index contributed by atoms with van der Waals surface area (Å²) in [6.07, 6.45) is 0. The van der Waals surface area contributed by atoms with Crippen LogP contribution in [0.15, 0.2) is 10.2 Å². The molecular formula is C2H3KN2S3. The van der Waals surface area contributed by atoms with E-state index in [-0.39, 0.29) is 57.5 Å². The molecule has 1 heterocycles. The Morgan fingerprint density at radius 1 is 1.88 bits per heavy atom. The Balaban J connectivity index is 0. The van der Waals surface area contributed by atoms with Gasteiger partial charge in [-0.1, -0.05) is 11.8 Å². The number of azo groups is 1. The van der Waals surface area contributed by atoms with E-state index in [4.69, 9.17) is 0 Å². The summed E-state index contributed by atoms with van der Waals surface area (Å²) in [6.45, 7) is 0. The van der Waals surface area contributed by atoms with Crippen molar-refractivity contribution in [1.29, 1.82) is 0 Å². The Morgan fingerprint density at radius 2 is 2.50 bits per heavy atom. The molecule has 8 heavy (non-hydrogen) atoms. The Kier molecular flexibility index (Phi) is 5.99. The van der Waals surface area contributed by atoms with Crippen LogP contribution >= 0.6 is 36.6 Å². The van der Waals surface area contributed by atoms with Crippen molar-refractivity contribution in [2.75, 3.05) is 0 Å². The van der Waals surface area contributed by atoms with E-state index in [2.05, 4.69) is 35.1 Å². The van der Waals surface area contributed by atoms with Crippen molar-refractivity contribution in [2.24, 2.45) is 10.2 Å². The average Bonchev–Trinajstić information content (AvgIpc) is 1.87. The van der Waals surface area contributed by atoms with E-state index in [0.29, 0.717) is 4.32 Å². The zero-order valence-corrected chi connectivity index (χ0v) is 9.89. The van der Waals surface area contributed by atoms with E-state index < -0.39 is 0 Å². The summed E-state index contributed by atoms with van der Waals surface area (Å²) in [5.74, 6) is 0. The fourth-order valence-electron chi connectivity index (χ4n) is 0.234. The van der Waals surface area contributed by atoms with E-state index >= 15 is 0 Å². The second-order valence-corrected chi connectivity index (χ2v) is 3.48. The van der Waals surface area contributed by atoms with Crippen LogP contribution in [-0.2, 0) is 0 Å². The topological polar surface area (TPSA) is 24.7 Å². The minimum absolute atomic E-state index is 0. The van der Waals surface area contributed by atoms with Gasteiger partial charge in [-0.05, 0) is 12.2 Å². The van der Waals surface area contributed by atoms with Crippen LogP contribution < -0.4 is 51.4 Å². The quantitative estimate of drug-likeness (QED) is 0.295. The molecule has 0 aromatic heterocycles. The molecular weight excluding hydrogens is 187 g/mol. The minimum atomic E-state index is -0.0486. The smallest absolute Gasteiger partial charge is 1.00 e. The van der Waals surface area contributed by atoms with E-state index in [1.54, 1.807) is 0 Å².